The summed E-state index contributed by atoms with van der Waals surface area (Å²) in [6, 6.07) is 4.82. The number of carbonyl (C=O) groups is 3. The van der Waals surface area contributed by atoms with Crippen molar-refractivity contribution in [3.8, 4) is 0 Å². The van der Waals surface area contributed by atoms with E-state index < -0.39 is 17.6 Å². The number of ether oxygens (including phenoxy) is 2. The molecule has 1 atom stereocenters. The number of halogens is 1. The number of anilines is 1. The molecule has 0 N–H and O–H groups in total. The van der Waals surface area contributed by atoms with Crippen LogP contribution in [0.25, 0.3) is 0 Å². The first kappa shape index (κ1) is 15.6. The van der Waals surface area contributed by atoms with Gasteiger partial charge in [0.1, 0.15) is 6.61 Å². The van der Waals surface area contributed by atoms with Crippen molar-refractivity contribution in [2.45, 2.75) is 12.1 Å². The van der Waals surface area contributed by atoms with E-state index >= 15 is 0 Å². The molecule has 2 heterocycles. The quantitative estimate of drug-likeness (QED) is 0.750. The summed E-state index contributed by atoms with van der Waals surface area (Å²) in [6.45, 7) is 0.273. The van der Waals surface area contributed by atoms with E-state index in [9.17, 15) is 14.4 Å². The minimum atomic E-state index is -1.54. The monoisotopic (exact) mass is 338 g/mol. The van der Waals surface area contributed by atoms with E-state index in [1.807, 2.05) is 0 Å². The van der Waals surface area contributed by atoms with Crippen LogP contribution in [0.1, 0.15) is 16.8 Å². The molecule has 1 aromatic carbocycles. The lowest BCUT2D eigenvalue weighted by Crippen LogP contribution is -2.72. The predicted molar refractivity (Wildman–Crippen MR) is 81.2 cm³/mol. The second-order valence-corrected chi connectivity index (χ2v) is 5.82. The fourth-order valence-electron chi connectivity index (χ4n) is 3.10. The summed E-state index contributed by atoms with van der Waals surface area (Å²) in [5.41, 5.74) is -0.642. The molecular weight excluding hydrogens is 324 g/mol. The third-order valence-corrected chi connectivity index (χ3v) is 4.53. The minimum Gasteiger partial charge on any atom is -0.469 e. The molecule has 0 aliphatic carbocycles. The van der Waals surface area contributed by atoms with Crippen LogP contribution in [0.15, 0.2) is 18.2 Å². The molecule has 0 radical (unpaired) electrons. The molecule has 2 aliphatic rings. The molecule has 7 nitrogen and oxygen atoms in total. The summed E-state index contributed by atoms with van der Waals surface area (Å²) in [5.74, 6) is -1.61. The number of esters is 2. The van der Waals surface area contributed by atoms with Crippen LogP contribution in [0, 0.1) is 0 Å². The highest BCUT2D eigenvalue weighted by Crippen LogP contribution is 2.41. The van der Waals surface area contributed by atoms with Crippen molar-refractivity contribution in [2.24, 2.45) is 0 Å². The van der Waals surface area contributed by atoms with Gasteiger partial charge in [-0.2, -0.15) is 0 Å². The van der Waals surface area contributed by atoms with Gasteiger partial charge < -0.3 is 19.3 Å². The Morgan fingerprint density at radius 3 is 2.87 bits per heavy atom. The van der Waals surface area contributed by atoms with E-state index in [1.54, 1.807) is 30.1 Å². The lowest BCUT2D eigenvalue weighted by Gasteiger charge is -2.53. The Labute approximate surface area is 137 Å². The maximum Gasteiger partial charge on any atom is 0.354 e. The molecule has 0 saturated carbocycles. The summed E-state index contributed by atoms with van der Waals surface area (Å²) in [7, 11) is 2.87. The standard InChI is InChI=1S/C15H15ClN2O5/c1-17-11-4-3-9(16)7-10(11)13(20)18-5-6-23-14(21)15(17,18)8-12(19)22-2/h3-4,7H,5-6,8H2,1-2H3. The minimum absolute atomic E-state index is 0.0806. The number of rotatable bonds is 2. The van der Waals surface area contributed by atoms with Crippen LogP contribution in [0.5, 0.6) is 0 Å². The lowest BCUT2D eigenvalue weighted by molar-refractivity contribution is -0.170. The maximum atomic E-state index is 12.9. The Morgan fingerprint density at radius 1 is 1.43 bits per heavy atom. The van der Waals surface area contributed by atoms with Crippen molar-refractivity contribution >= 4 is 35.1 Å². The van der Waals surface area contributed by atoms with E-state index in [-0.39, 0.29) is 25.5 Å². The number of likely N-dealkylation sites (N-methyl/N-ethyl adjacent to an activating group) is 1. The number of hydrogen-bond acceptors (Lipinski definition) is 6. The van der Waals surface area contributed by atoms with Crippen molar-refractivity contribution in [3.05, 3.63) is 28.8 Å². The number of amides is 1. The van der Waals surface area contributed by atoms with Crippen molar-refractivity contribution in [2.75, 3.05) is 32.2 Å². The average Bonchev–Trinajstić information content (AvgIpc) is 2.54. The van der Waals surface area contributed by atoms with E-state index in [1.165, 1.54) is 12.0 Å². The van der Waals surface area contributed by atoms with Crippen LogP contribution >= 0.6 is 11.6 Å². The Hall–Kier alpha value is -2.28. The summed E-state index contributed by atoms with van der Waals surface area (Å²) < 4.78 is 9.85. The zero-order valence-corrected chi connectivity index (χ0v) is 13.4. The van der Waals surface area contributed by atoms with Crippen LogP contribution in [0.2, 0.25) is 5.02 Å². The lowest BCUT2D eigenvalue weighted by atomic mass is 9.93. The van der Waals surface area contributed by atoms with E-state index in [2.05, 4.69) is 0 Å². The largest absolute Gasteiger partial charge is 0.469 e. The van der Waals surface area contributed by atoms with Gasteiger partial charge >= 0.3 is 11.9 Å². The van der Waals surface area contributed by atoms with Gasteiger partial charge in [0.2, 0.25) is 5.66 Å². The number of morpholine rings is 1. The third kappa shape index (κ3) is 2.15. The topological polar surface area (TPSA) is 76.2 Å². The first-order valence-electron chi connectivity index (χ1n) is 7.01. The molecule has 0 spiro atoms. The van der Waals surface area contributed by atoms with Gasteiger partial charge in [0.15, 0.2) is 0 Å². The fraction of sp³-hybridized carbons (Fsp3) is 0.400. The molecule has 1 fully saturated rings. The van der Waals surface area contributed by atoms with Crippen molar-refractivity contribution < 1.29 is 23.9 Å². The summed E-state index contributed by atoms with van der Waals surface area (Å²) in [5, 5.41) is 0.422. The Morgan fingerprint density at radius 2 is 2.17 bits per heavy atom. The average molecular weight is 339 g/mol. The SMILES string of the molecule is COC(=O)CC12C(=O)OCCN1C(=O)c1cc(Cl)ccc1N2C. The molecule has 1 unspecified atom stereocenters. The summed E-state index contributed by atoms with van der Waals surface area (Å²) >= 11 is 5.98. The first-order chi connectivity index (χ1) is 10.9. The molecule has 1 amide bonds. The molecule has 0 bridgehead atoms. The second-order valence-electron chi connectivity index (χ2n) is 5.38. The molecule has 23 heavy (non-hydrogen) atoms. The third-order valence-electron chi connectivity index (χ3n) is 4.29. The number of benzene rings is 1. The Bertz CT molecular complexity index is 707. The van der Waals surface area contributed by atoms with Gasteiger partial charge in [-0.1, -0.05) is 11.6 Å². The smallest absolute Gasteiger partial charge is 0.354 e. The summed E-state index contributed by atoms with van der Waals surface area (Å²) in [4.78, 5) is 40.2. The number of nitrogens with zero attached hydrogens (tertiary/aromatic N) is 2. The van der Waals surface area contributed by atoms with E-state index in [0.29, 0.717) is 16.3 Å². The summed E-state index contributed by atoms with van der Waals surface area (Å²) in [6.07, 6.45) is -0.313. The van der Waals surface area contributed by atoms with Gasteiger partial charge in [0, 0.05) is 12.1 Å². The van der Waals surface area contributed by atoms with Crippen molar-refractivity contribution in [1.82, 2.24) is 4.90 Å². The fourth-order valence-corrected chi connectivity index (χ4v) is 3.28. The van der Waals surface area contributed by atoms with Gasteiger partial charge in [-0.05, 0) is 18.2 Å². The number of cyclic esters (lactones) is 1. The van der Waals surface area contributed by atoms with E-state index in [0.717, 1.165) is 0 Å². The molecular formula is C15H15ClN2O5. The van der Waals surface area contributed by atoms with Crippen LogP contribution in [0.4, 0.5) is 5.69 Å². The molecule has 0 aromatic heterocycles. The van der Waals surface area contributed by atoms with Crippen molar-refractivity contribution in [3.63, 3.8) is 0 Å². The highest BCUT2D eigenvalue weighted by Gasteiger charge is 2.58. The van der Waals surface area contributed by atoms with Gasteiger partial charge in [-0.15, -0.1) is 0 Å². The van der Waals surface area contributed by atoms with Crippen LogP contribution in [-0.2, 0) is 19.1 Å². The second kappa shape index (κ2) is 5.42. The van der Waals surface area contributed by atoms with Gasteiger partial charge in [0.25, 0.3) is 5.91 Å². The number of hydrogen-bond donors (Lipinski definition) is 0. The molecule has 1 aromatic rings. The Kier molecular flexibility index (Phi) is 3.68. The molecule has 122 valence electrons. The Balaban J connectivity index is 2.19. The van der Waals surface area contributed by atoms with Crippen LogP contribution < -0.4 is 4.90 Å². The maximum absolute atomic E-state index is 12.9. The van der Waals surface area contributed by atoms with Gasteiger partial charge in [0.05, 0.1) is 31.3 Å². The normalized spacial score (nSPS) is 23.1. The molecule has 3 rings (SSSR count). The van der Waals surface area contributed by atoms with E-state index in [4.69, 9.17) is 21.1 Å². The van der Waals surface area contributed by atoms with Crippen LogP contribution in [-0.4, -0.2) is 55.7 Å². The highest BCUT2D eigenvalue weighted by molar-refractivity contribution is 6.31. The zero-order chi connectivity index (χ0) is 16.8. The molecule has 1 saturated heterocycles. The first-order valence-corrected chi connectivity index (χ1v) is 7.39. The zero-order valence-electron chi connectivity index (χ0n) is 12.7. The van der Waals surface area contributed by atoms with Crippen molar-refractivity contribution in [1.29, 1.82) is 0 Å². The number of carbonyl (C=O) groups excluding carboxylic acids is 3. The highest BCUT2D eigenvalue weighted by atomic mass is 35.5. The number of fused-ring (bicyclic) bond motifs is 2. The van der Waals surface area contributed by atoms with Gasteiger partial charge in [-0.3, -0.25) is 9.59 Å². The predicted octanol–water partition coefficient (Wildman–Crippen LogP) is 1.05. The molecule has 2 aliphatic heterocycles. The number of methoxy groups -OCH3 is 1. The molecule has 8 heteroatoms. The van der Waals surface area contributed by atoms with Gasteiger partial charge in [-0.25, -0.2) is 4.79 Å². The van der Waals surface area contributed by atoms with Crippen LogP contribution in [0.3, 0.4) is 0 Å².